The molecule has 2 aromatic rings. The number of halogens is 2. The minimum absolute atomic E-state index is 0.262. The van der Waals surface area contributed by atoms with Crippen LogP contribution in [0.15, 0.2) is 6.33 Å². The first-order valence-electron chi connectivity index (χ1n) is 4.15. The second-order valence-corrected chi connectivity index (χ2v) is 3.94. The molecule has 0 radical (unpaired) electrons. The van der Waals surface area contributed by atoms with E-state index in [-0.39, 0.29) is 11.2 Å². The second kappa shape index (κ2) is 3.37. The van der Waals surface area contributed by atoms with Gasteiger partial charge in [-0.15, -0.1) is 10.2 Å². The molecule has 0 aliphatic heterocycles. The van der Waals surface area contributed by atoms with Gasteiger partial charge in [-0.3, -0.25) is 0 Å². The lowest BCUT2D eigenvalue weighted by molar-refractivity contribution is 0.617. The molecular formula is C8H8Cl2N4. The van der Waals surface area contributed by atoms with Crippen molar-refractivity contribution >= 4 is 34.2 Å². The number of imidazole rings is 1. The van der Waals surface area contributed by atoms with Gasteiger partial charge < -0.3 is 4.57 Å². The molecule has 0 amide bonds. The lowest BCUT2D eigenvalue weighted by Crippen LogP contribution is -1.99. The van der Waals surface area contributed by atoms with E-state index < -0.39 is 0 Å². The van der Waals surface area contributed by atoms with Crippen molar-refractivity contribution in [3.05, 3.63) is 16.6 Å². The molecule has 0 unspecified atom stereocenters. The molecule has 2 heterocycles. The monoisotopic (exact) mass is 230 g/mol. The Balaban J connectivity index is 2.84. The van der Waals surface area contributed by atoms with Crippen molar-refractivity contribution in [1.29, 1.82) is 0 Å². The van der Waals surface area contributed by atoms with Gasteiger partial charge in [-0.05, 0) is 13.8 Å². The first-order chi connectivity index (χ1) is 6.61. The highest BCUT2D eigenvalue weighted by Crippen LogP contribution is 2.26. The average molecular weight is 231 g/mol. The number of rotatable bonds is 1. The fourth-order valence-electron chi connectivity index (χ4n) is 1.29. The summed E-state index contributed by atoms with van der Waals surface area (Å²) in [5.41, 5.74) is 1.34. The van der Waals surface area contributed by atoms with E-state index in [0.29, 0.717) is 10.7 Å². The highest BCUT2D eigenvalue weighted by Gasteiger charge is 2.13. The van der Waals surface area contributed by atoms with Crippen molar-refractivity contribution in [1.82, 2.24) is 19.7 Å². The van der Waals surface area contributed by atoms with Crippen LogP contribution in [-0.4, -0.2) is 19.7 Å². The average Bonchev–Trinajstić information content (AvgIpc) is 2.56. The van der Waals surface area contributed by atoms with Crippen LogP contribution in [-0.2, 0) is 0 Å². The van der Waals surface area contributed by atoms with Crippen molar-refractivity contribution < 1.29 is 0 Å². The molecule has 0 atom stereocenters. The SMILES string of the molecule is CC(C)n1cnc2c(Cl)nnc(Cl)c21. The Morgan fingerprint density at radius 1 is 1.21 bits per heavy atom. The van der Waals surface area contributed by atoms with Gasteiger partial charge in [-0.1, -0.05) is 23.2 Å². The molecule has 0 N–H and O–H groups in total. The van der Waals surface area contributed by atoms with Gasteiger partial charge in [0, 0.05) is 6.04 Å². The van der Waals surface area contributed by atoms with Gasteiger partial charge in [-0.25, -0.2) is 4.98 Å². The number of nitrogens with zero attached hydrogens (tertiary/aromatic N) is 4. The maximum absolute atomic E-state index is 5.93. The predicted molar refractivity (Wildman–Crippen MR) is 55.7 cm³/mol. The lowest BCUT2D eigenvalue weighted by atomic mass is 10.3. The molecule has 0 spiro atoms. The number of fused-ring (bicyclic) bond motifs is 1. The Kier molecular flexibility index (Phi) is 2.33. The largest absolute Gasteiger partial charge is 0.325 e. The summed E-state index contributed by atoms with van der Waals surface area (Å²) in [7, 11) is 0. The zero-order valence-electron chi connectivity index (χ0n) is 7.70. The summed E-state index contributed by atoms with van der Waals surface area (Å²) in [6, 6.07) is 0.262. The van der Waals surface area contributed by atoms with E-state index in [4.69, 9.17) is 23.2 Å². The predicted octanol–water partition coefficient (Wildman–Crippen LogP) is 2.71. The molecule has 4 nitrogen and oxygen atoms in total. The third-order valence-corrected chi connectivity index (χ3v) is 2.48. The Hall–Kier alpha value is -0.870. The summed E-state index contributed by atoms with van der Waals surface area (Å²) in [5, 5.41) is 8.04. The summed E-state index contributed by atoms with van der Waals surface area (Å²) >= 11 is 11.8. The fraction of sp³-hybridized carbons (Fsp3) is 0.375. The molecule has 2 aromatic heterocycles. The van der Waals surface area contributed by atoms with E-state index in [0.717, 1.165) is 5.52 Å². The van der Waals surface area contributed by atoms with Crippen molar-refractivity contribution in [3.63, 3.8) is 0 Å². The minimum atomic E-state index is 0.262. The topological polar surface area (TPSA) is 43.6 Å². The van der Waals surface area contributed by atoms with E-state index in [2.05, 4.69) is 15.2 Å². The molecule has 0 aromatic carbocycles. The standard InChI is InChI=1S/C8H8Cl2N4/c1-4(2)14-3-11-5-6(14)8(10)13-12-7(5)9/h3-4H,1-2H3. The number of hydrogen-bond acceptors (Lipinski definition) is 3. The molecule has 0 saturated heterocycles. The molecular weight excluding hydrogens is 223 g/mol. The summed E-state index contributed by atoms with van der Waals surface area (Å²) < 4.78 is 1.91. The van der Waals surface area contributed by atoms with Gasteiger partial charge in [0.2, 0.25) is 0 Å². The van der Waals surface area contributed by atoms with Crippen LogP contribution < -0.4 is 0 Å². The van der Waals surface area contributed by atoms with E-state index in [1.54, 1.807) is 6.33 Å². The van der Waals surface area contributed by atoms with E-state index in [1.807, 2.05) is 18.4 Å². The summed E-state index contributed by atoms with van der Waals surface area (Å²) in [6.45, 7) is 4.07. The van der Waals surface area contributed by atoms with Crippen molar-refractivity contribution in [3.8, 4) is 0 Å². The van der Waals surface area contributed by atoms with E-state index >= 15 is 0 Å². The van der Waals surface area contributed by atoms with Crippen LogP contribution >= 0.6 is 23.2 Å². The maximum atomic E-state index is 5.93. The highest BCUT2D eigenvalue weighted by atomic mass is 35.5. The van der Waals surface area contributed by atoms with Crippen LogP contribution in [0.3, 0.4) is 0 Å². The van der Waals surface area contributed by atoms with E-state index in [9.17, 15) is 0 Å². The van der Waals surface area contributed by atoms with Gasteiger partial charge in [0.25, 0.3) is 0 Å². The zero-order chi connectivity index (χ0) is 10.3. The molecule has 0 fully saturated rings. The van der Waals surface area contributed by atoms with Crippen molar-refractivity contribution in [2.75, 3.05) is 0 Å². The molecule has 0 saturated carbocycles. The molecule has 0 bridgehead atoms. The second-order valence-electron chi connectivity index (χ2n) is 3.22. The van der Waals surface area contributed by atoms with Crippen LogP contribution in [0.4, 0.5) is 0 Å². The van der Waals surface area contributed by atoms with Crippen molar-refractivity contribution in [2.45, 2.75) is 19.9 Å². The molecule has 2 rings (SSSR count). The first kappa shape index (κ1) is 9.68. The third-order valence-electron chi connectivity index (χ3n) is 1.97. The summed E-state index contributed by atoms with van der Waals surface area (Å²) in [4.78, 5) is 4.14. The van der Waals surface area contributed by atoms with Crippen LogP contribution in [0, 0.1) is 0 Å². The summed E-state index contributed by atoms with van der Waals surface area (Å²) in [5.74, 6) is 0. The Labute approximate surface area is 90.9 Å². The van der Waals surface area contributed by atoms with Crippen LogP contribution in [0.2, 0.25) is 10.3 Å². The Bertz CT molecular complexity index is 477. The van der Waals surface area contributed by atoms with Gasteiger partial charge >= 0.3 is 0 Å². The third kappa shape index (κ3) is 1.35. The Morgan fingerprint density at radius 2 is 1.86 bits per heavy atom. The number of hydrogen-bond donors (Lipinski definition) is 0. The first-order valence-corrected chi connectivity index (χ1v) is 4.91. The van der Waals surface area contributed by atoms with E-state index in [1.165, 1.54) is 0 Å². The Morgan fingerprint density at radius 3 is 2.50 bits per heavy atom. The van der Waals surface area contributed by atoms with Crippen LogP contribution in [0.5, 0.6) is 0 Å². The zero-order valence-corrected chi connectivity index (χ0v) is 9.21. The fourth-order valence-corrected chi connectivity index (χ4v) is 1.69. The number of aromatic nitrogens is 4. The van der Waals surface area contributed by atoms with Gasteiger partial charge in [0.05, 0.1) is 6.33 Å². The quantitative estimate of drug-likeness (QED) is 0.757. The highest BCUT2D eigenvalue weighted by molar-refractivity contribution is 6.37. The van der Waals surface area contributed by atoms with Gasteiger partial charge in [0.1, 0.15) is 11.0 Å². The molecule has 74 valence electrons. The molecule has 0 aliphatic carbocycles. The molecule has 0 aliphatic rings. The van der Waals surface area contributed by atoms with Crippen molar-refractivity contribution in [2.24, 2.45) is 0 Å². The van der Waals surface area contributed by atoms with Crippen LogP contribution in [0.25, 0.3) is 11.0 Å². The minimum Gasteiger partial charge on any atom is -0.325 e. The normalized spacial score (nSPS) is 11.5. The van der Waals surface area contributed by atoms with Gasteiger partial charge in [0.15, 0.2) is 10.3 Å². The lowest BCUT2D eigenvalue weighted by Gasteiger charge is -2.07. The van der Waals surface area contributed by atoms with Crippen LogP contribution in [0.1, 0.15) is 19.9 Å². The maximum Gasteiger partial charge on any atom is 0.179 e. The molecule has 14 heavy (non-hydrogen) atoms. The summed E-state index contributed by atoms with van der Waals surface area (Å²) in [6.07, 6.45) is 1.69. The van der Waals surface area contributed by atoms with Gasteiger partial charge in [-0.2, -0.15) is 0 Å². The molecule has 6 heteroatoms. The smallest absolute Gasteiger partial charge is 0.179 e.